The molecule has 98 valence electrons. The summed E-state index contributed by atoms with van der Waals surface area (Å²) >= 11 is 0. The van der Waals surface area contributed by atoms with Gasteiger partial charge in [0.1, 0.15) is 11.9 Å². The molecule has 0 aliphatic heterocycles. The van der Waals surface area contributed by atoms with Crippen molar-refractivity contribution in [2.24, 2.45) is 0 Å². The Kier molecular flexibility index (Phi) is 3.98. The molecule has 3 nitrogen and oxygen atoms in total. The lowest BCUT2D eigenvalue weighted by Crippen LogP contribution is -2.17. The van der Waals surface area contributed by atoms with Crippen molar-refractivity contribution in [3.05, 3.63) is 65.0 Å². The highest BCUT2D eigenvalue weighted by Crippen LogP contribution is 2.19. The van der Waals surface area contributed by atoms with Crippen molar-refractivity contribution in [3.63, 3.8) is 0 Å². The minimum Gasteiger partial charge on any atom is -0.370 e. The summed E-state index contributed by atoms with van der Waals surface area (Å²) in [7, 11) is 1.81. The monoisotopic (exact) mass is 265 g/mol. The number of nitrogens with zero attached hydrogens (tertiary/aromatic N) is 3. The largest absolute Gasteiger partial charge is 0.370 e. The maximum Gasteiger partial charge on any atom is 0.145 e. The Morgan fingerprint density at radius 1 is 1.10 bits per heavy atom. The van der Waals surface area contributed by atoms with Crippen LogP contribution in [0.25, 0.3) is 0 Å². The molecule has 2 rings (SSSR count). The average Bonchev–Trinajstić information content (AvgIpc) is 2.49. The van der Waals surface area contributed by atoms with Crippen molar-refractivity contribution in [2.45, 2.75) is 6.54 Å². The van der Waals surface area contributed by atoms with Crippen LogP contribution in [0.3, 0.4) is 0 Å². The van der Waals surface area contributed by atoms with E-state index in [1.165, 1.54) is 6.07 Å². The van der Waals surface area contributed by atoms with E-state index in [2.05, 4.69) is 6.07 Å². The summed E-state index contributed by atoms with van der Waals surface area (Å²) in [5, 5.41) is 17.7. The molecule has 2 aromatic carbocycles. The van der Waals surface area contributed by atoms with Gasteiger partial charge in [-0.2, -0.15) is 10.5 Å². The molecule has 20 heavy (non-hydrogen) atoms. The molecule has 0 heterocycles. The summed E-state index contributed by atoms with van der Waals surface area (Å²) in [6, 6.07) is 15.8. The Balaban J connectivity index is 2.26. The molecule has 0 radical (unpaired) electrons. The van der Waals surface area contributed by atoms with E-state index in [1.54, 1.807) is 30.3 Å². The van der Waals surface area contributed by atoms with Crippen LogP contribution in [0.5, 0.6) is 0 Å². The van der Waals surface area contributed by atoms with Gasteiger partial charge >= 0.3 is 0 Å². The van der Waals surface area contributed by atoms with Gasteiger partial charge in [0.15, 0.2) is 0 Å². The zero-order valence-corrected chi connectivity index (χ0v) is 11.0. The van der Waals surface area contributed by atoms with Gasteiger partial charge in [-0.1, -0.05) is 18.2 Å². The molecular formula is C16H12FN3. The van der Waals surface area contributed by atoms with Crippen LogP contribution in [-0.4, -0.2) is 7.05 Å². The third-order valence-electron chi connectivity index (χ3n) is 3.02. The first-order valence-electron chi connectivity index (χ1n) is 6.04. The Labute approximate surface area is 117 Å². The fourth-order valence-corrected chi connectivity index (χ4v) is 1.95. The Morgan fingerprint density at radius 2 is 1.85 bits per heavy atom. The predicted octanol–water partition coefficient (Wildman–Crippen LogP) is 3.21. The first kappa shape index (κ1) is 13.6. The van der Waals surface area contributed by atoms with Crippen molar-refractivity contribution in [3.8, 4) is 12.1 Å². The number of halogens is 1. The molecule has 0 spiro atoms. The number of hydrogen-bond acceptors (Lipinski definition) is 3. The van der Waals surface area contributed by atoms with Gasteiger partial charge in [0.25, 0.3) is 0 Å². The van der Waals surface area contributed by atoms with E-state index in [0.717, 1.165) is 5.69 Å². The molecular weight excluding hydrogens is 253 g/mol. The van der Waals surface area contributed by atoms with E-state index in [9.17, 15) is 4.39 Å². The average molecular weight is 265 g/mol. The number of rotatable bonds is 3. The van der Waals surface area contributed by atoms with Crippen LogP contribution in [-0.2, 0) is 6.54 Å². The summed E-state index contributed by atoms with van der Waals surface area (Å²) in [6.07, 6.45) is 0. The minimum atomic E-state index is -0.488. The maximum absolute atomic E-state index is 14.0. The normalized spacial score (nSPS) is 9.60. The fraction of sp³-hybridized carbons (Fsp3) is 0.125. The van der Waals surface area contributed by atoms with Gasteiger partial charge in [0, 0.05) is 24.8 Å². The quantitative estimate of drug-likeness (QED) is 0.856. The highest BCUT2D eigenvalue weighted by Gasteiger charge is 2.10. The van der Waals surface area contributed by atoms with Crippen LogP contribution >= 0.6 is 0 Å². The van der Waals surface area contributed by atoms with Crippen molar-refractivity contribution in [1.82, 2.24) is 0 Å². The van der Waals surface area contributed by atoms with Crippen LogP contribution in [0.2, 0.25) is 0 Å². The van der Waals surface area contributed by atoms with Crippen LogP contribution < -0.4 is 4.90 Å². The maximum atomic E-state index is 14.0. The molecule has 0 saturated heterocycles. The van der Waals surface area contributed by atoms with E-state index in [-0.39, 0.29) is 5.56 Å². The molecule has 0 amide bonds. The lowest BCUT2D eigenvalue weighted by Gasteiger charge is -2.20. The zero-order chi connectivity index (χ0) is 14.5. The van der Waals surface area contributed by atoms with Gasteiger partial charge in [0.05, 0.1) is 17.2 Å². The van der Waals surface area contributed by atoms with E-state index >= 15 is 0 Å². The van der Waals surface area contributed by atoms with Crippen molar-refractivity contribution in [2.75, 3.05) is 11.9 Å². The van der Waals surface area contributed by atoms with Crippen LogP contribution in [0.15, 0.2) is 42.5 Å². The minimum absolute atomic E-state index is 0.0432. The van der Waals surface area contributed by atoms with Gasteiger partial charge in [-0.3, -0.25) is 0 Å². The molecule has 0 fully saturated rings. The molecule has 0 bridgehead atoms. The molecule has 0 aliphatic carbocycles. The van der Waals surface area contributed by atoms with E-state index < -0.39 is 5.82 Å². The second-order valence-corrected chi connectivity index (χ2v) is 4.41. The number of nitriles is 2. The van der Waals surface area contributed by atoms with E-state index in [1.807, 2.05) is 24.1 Å². The Bertz CT molecular complexity index is 710. The van der Waals surface area contributed by atoms with Gasteiger partial charge in [-0.15, -0.1) is 0 Å². The van der Waals surface area contributed by atoms with Crippen molar-refractivity contribution in [1.29, 1.82) is 10.5 Å². The second kappa shape index (κ2) is 5.86. The predicted molar refractivity (Wildman–Crippen MR) is 74.4 cm³/mol. The molecule has 2 aromatic rings. The third kappa shape index (κ3) is 2.76. The number of benzene rings is 2. The highest BCUT2D eigenvalue weighted by atomic mass is 19.1. The standard InChI is InChI=1S/C16H12FN3/c1-20(15-7-2-4-12(8-15)9-18)11-14-6-3-5-13(10-19)16(14)17/h2-8H,11H2,1H3. The summed E-state index contributed by atoms with van der Waals surface area (Å²) in [6.45, 7) is 0.330. The molecule has 0 unspecified atom stereocenters. The fourth-order valence-electron chi connectivity index (χ4n) is 1.95. The topological polar surface area (TPSA) is 50.8 Å². The highest BCUT2D eigenvalue weighted by molar-refractivity contribution is 5.51. The molecule has 0 aromatic heterocycles. The smallest absolute Gasteiger partial charge is 0.145 e. The Morgan fingerprint density at radius 3 is 2.55 bits per heavy atom. The number of anilines is 1. The molecule has 4 heteroatoms. The van der Waals surface area contributed by atoms with Gasteiger partial charge in [0.2, 0.25) is 0 Å². The summed E-state index contributed by atoms with van der Waals surface area (Å²) in [5.74, 6) is -0.488. The molecule has 0 atom stereocenters. The van der Waals surface area contributed by atoms with Gasteiger partial charge in [-0.05, 0) is 24.3 Å². The van der Waals surface area contributed by atoms with Crippen LogP contribution in [0.1, 0.15) is 16.7 Å². The SMILES string of the molecule is CN(Cc1cccc(C#N)c1F)c1cccc(C#N)c1. The summed E-state index contributed by atoms with van der Waals surface area (Å²) in [5.41, 5.74) is 1.88. The third-order valence-corrected chi connectivity index (χ3v) is 3.02. The molecule has 0 aliphatic rings. The van der Waals surface area contributed by atoms with Crippen LogP contribution in [0, 0.1) is 28.5 Å². The molecule has 0 saturated carbocycles. The van der Waals surface area contributed by atoms with E-state index in [4.69, 9.17) is 10.5 Å². The van der Waals surface area contributed by atoms with Gasteiger partial charge in [-0.25, -0.2) is 4.39 Å². The first-order valence-corrected chi connectivity index (χ1v) is 6.04. The lowest BCUT2D eigenvalue weighted by molar-refractivity contribution is 0.604. The zero-order valence-electron chi connectivity index (χ0n) is 11.0. The molecule has 0 N–H and O–H groups in total. The van der Waals surface area contributed by atoms with Crippen molar-refractivity contribution >= 4 is 5.69 Å². The summed E-state index contributed by atoms with van der Waals surface area (Å²) < 4.78 is 14.0. The first-order chi connectivity index (χ1) is 9.65. The second-order valence-electron chi connectivity index (χ2n) is 4.41. The van der Waals surface area contributed by atoms with E-state index in [0.29, 0.717) is 17.7 Å². The summed E-state index contributed by atoms with van der Waals surface area (Å²) in [4.78, 5) is 1.83. The van der Waals surface area contributed by atoms with Gasteiger partial charge < -0.3 is 4.90 Å². The lowest BCUT2D eigenvalue weighted by atomic mass is 10.1. The van der Waals surface area contributed by atoms with Crippen molar-refractivity contribution < 1.29 is 4.39 Å². The van der Waals surface area contributed by atoms with Crippen LogP contribution in [0.4, 0.5) is 10.1 Å². The Hall–Kier alpha value is -2.85. The number of hydrogen-bond donors (Lipinski definition) is 0.